The molecule has 0 heterocycles. The molecule has 0 aliphatic heterocycles. The Hall–Kier alpha value is -2.44. The summed E-state index contributed by atoms with van der Waals surface area (Å²) in [6.45, 7) is 1.53. The van der Waals surface area contributed by atoms with E-state index in [-0.39, 0.29) is 10.8 Å². The Bertz CT molecular complexity index is 1030. The summed E-state index contributed by atoms with van der Waals surface area (Å²) in [5, 5.41) is 0.853. The van der Waals surface area contributed by atoms with Crippen molar-refractivity contribution in [2.24, 2.45) is 0 Å². The lowest BCUT2D eigenvalue weighted by Crippen LogP contribution is -2.18. The Kier molecular flexibility index (Phi) is 5.72. The first-order valence-electron chi connectivity index (χ1n) is 8.08. The summed E-state index contributed by atoms with van der Waals surface area (Å²) in [6, 6.07) is 13.2. The Morgan fingerprint density at radius 3 is 2.21 bits per heavy atom. The van der Waals surface area contributed by atoms with Gasteiger partial charge in [0.2, 0.25) is 0 Å². The Morgan fingerprint density at radius 1 is 0.964 bits per heavy atom. The molecule has 0 aromatic heterocycles. The van der Waals surface area contributed by atoms with Crippen LogP contribution >= 0.6 is 23.2 Å². The molecule has 3 aromatic carbocycles. The second-order valence-electron chi connectivity index (χ2n) is 5.98. The zero-order valence-electron chi connectivity index (χ0n) is 14.4. The zero-order chi connectivity index (χ0) is 20.5. The van der Waals surface area contributed by atoms with Crippen molar-refractivity contribution < 1.29 is 27.4 Å². The number of hydrogen-bond acceptors (Lipinski definition) is 3. The molecule has 0 N–H and O–H groups in total. The molecule has 0 saturated carbocycles. The topological polar surface area (TPSA) is 35.5 Å². The standard InChI is InChI=1S/C20H13Cl2F3O3/c1-11(19(22)26)27-15-5-2-12-3-6-16(9-13(12)8-15)28-18-7-4-14(10-17(18)21)20(23,24)25/h2-11H,1H3/t11-/m1/s1. The minimum atomic E-state index is -4.48. The van der Waals surface area contributed by atoms with Gasteiger partial charge in [-0.2, -0.15) is 13.2 Å². The minimum Gasteiger partial charge on any atom is -0.482 e. The Balaban J connectivity index is 1.86. The predicted octanol–water partition coefficient (Wildman–Crippen LogP) is 6.84. The van der Waals surface area contributed by atoms with Gasteiger partial charge in [0, 0.05) is 0 Å². The van der Waals surface area contributed by atoms with Crippen LogP contribution in [0.15, 0.2) is 54.6 Å². The van der Waals surface area contributed by atoms with Crippen molar-refractivity contribution in [2.45, 2.75) is 19.2 Å². The highest BCUT2D eigenvalue weighted by Gasteiger charge is 2.31. The van der Waals surface area contributed by atoms with Crippen molar-refractivity contribution >= 4 is 39.2 Å². The summed E-state index contributed by atoms with van der Waals surface area (Å²) in [5.41, 5.74) is -0.854. The van der Waals surface area contributed by atoms with Crippen LogP contribution in [-0.4, -0.2) is 11.3 Å². The summed E-state index contributed by atoms with van der Waals surface area (Å²) in [6.07, 6.45) is -5.28. The van der Waals surface area contributed by atoms with E-state index in [0.29, 0.717) is 11.5 Å². The van der Waals surface area contributed by atoms with Crippen LogP contribution in [0.1, 0.15) is 12.5 Å². The number of hydrogen-bond donors (Lipinski definition) is 0. The van der Waals surface area contributed by atoms with E-state index in [0.717, 1.165) is 22.9 Å². The maximum atomic E-state index is 12.7. The normalized spacial score (nSPS) is 12.6. The fourth-order valence-corrected chi connectivity index (χ4v) is 2.74. The van der Waals surface area contributed by atoms with Gasteiger partial charge in [0.25, 0.3) is 5.24 Å². The SMILES string of the molecule is C[C@@H](Oc1ccc2ccc(Oc3ccc(C(F)(F)F)cc3Cl)cc2c1)C(=O)Cl. The van der Waals surface area contributed by atoms with Gasteiger partial charge in [-0.1, -0.05) is 23.7 Å². The van der Waals surface area contributed by atoms with Gasteiger partial charge >= 0.3 is 6.18 Å². The average Bonchev–Trinajstić information content (AvgIpc) is 2.62. The number of benzene rings is 3. The van der Waals surface area contributed by atoms with Crippen molar-refractivity contribution in [2.75, 3.05) is 0 Å². The monoisotopic (exact) mass is 428 g/mol. The van der Waals surface area contributed by atoms with E-state index in [1.165, 1.54) is 13.0 Å². The molecule has 146 valence electrons. The smallest absolute Gasteiger partial charge is 0.416 e. The lowest BCUT2D eigenvalue weighted by atomic mass is 10.1. The molecule has 0 fully saturated rings. The van der Waals surface area contributed by atoms with Crippen LogP contribution in [-0.2, 0) is 11.0 Å². The van der Waals surface area contributed by atoms with Crippen LogP contribution < -0.4 is 9.47 Å². The largest absolute Gasteiger partial charge is 0.482 e. The number of halogens is 5. The molecule has 3 aromatic rings. The Labute approximate surface area is 168 Å². The summed E-state index contributed by atoms with van der Waals surface area (Å²) >= 11 is 11.3. The molecule has 0 radical (unpaired) electrons. The molecule has 0 saturated heterocycles. The molecule has 0 aliphatic carbocycles. The van der Waals surface area contributed by atoms with Gasteiger partial charge in [0.15, 0.2) is 6.10 Å². The number of ether oxygens (including phenoxy) is 2. The van der Waals surface area contributed by atoms with E-state index in [1.807, 2.05) is 0 Å². The summed E-state index contributed by atoms with van der Waals surface area (Å²) in [7, 11) is 0. The van der Waals surface area contributed by atoms with Gasteiger partial charge in [-0.15, -0.1) is 0 Å². The molecule has 1 atom stereocenters. The molecule has 0 bridgehead atoms. The number of fused-ring (bicyclic) bond motifs is 1. The number of alkyl halides is 3. The van der Waals surface area contributed by atoms with E-state index >= 15 is 0 Å². The molecule has 0 unspecified atom stereocenters. The lowest BCUT2D eigenvalue weighted by molar-refractivity contribution is -0.137. The first kappa shape index (κ1) is 20.3. The molecular formula is C20H13Cl2F3O3. The van der Waals surface area contributed by atoms with Crippen molar-refractivity contribution in [1.29, 1.82) is 0 Å². The van der Waals surface area contributed by atoms with E-state index in [2.05, 4.69) is 0 Å². The fourth-order valence-electron chi connectivity index (χ4n) is 2.48. The van der Waals surface area contributed by atoms with Gasteiger partial charge in [-0.3, -0.25) is 4.79 Å². The van der Waals surface area contributed by atoms with Crippen LogP contribution in [0.5, 0.6) is 17.2 Å². The van der Waals surface area contributed by atoms with Gasteiger partial charge in [-0.05, 0) is 71.8 Å². The van der Waals surface area contributed by atoms with Gasteiger partial charge in [-0.25, -0.2) is 0 Å². The minimum absolute atomic E-state index is 0.0998. The summed E-state index contributed by atoms with van der Waals surface area (Å²) < 4.78 is 49.3. The van der Waals surface area contributed by atoms with Gasteiger partial charge < -0.3 is 9.47 Å². The van der Waals surface area contributed by atoms with Crippen LogP contribution in [0.4, 0.5) is 13.2 Å². The fraction of sp³-hybridized carbons (Fsp3) is 0.150. The van der Waals surface area contributed by atoms with Crippen LogP contribution in [0.3, 0.4) is 0 Å². The maximum absolute atomic E-state index is 12.7. The third-order valence-corrected chi connectivity index (χ3v) is 4.51. The number of carbonyl (C=O) groups is 1. The van der Waals surface area contributed by atoms with Gasteiger partial charge in [0.1, 0.15) is 17.2 Å². The van der Waals surface area contributed by atoms with Crippen LogP contribution in [0.2, 0.25) is 5.02 Å². The second kappa shape index (κ2) is 7.89. The maximum Gasteiger partial charge on any atom is 0.416 e. The highest BCUT2D eigenvalue weighted by Crippen LogP contribution is 2.37. The van der Waals surface area contributed by atoms with E-state index in [1.54, 1.807) is 36.4 Å². The number of carbonyl (C=O) groups excluding carboxylic acids is 1. The quantitative estimate of drug-likeness (QED) is 0.417. The zero-order valence-corrected chi connectivity index (χ0v) is 15.9. The molecule has 3 rings (SSSR count). The van der Waals surface area contributed by atoms with Crippen molar-refractivity contribution in [3.63, 3.8) is 0 Å². The molecule has 3 nitrogen and oxygen atoms in total. The molecule has 8 heteroatoms. The van der Waals surface area contributed by atoms with E-state index in [9.17, 15) is 18.0 Å². The lowest BCUT2D eigenvalue weighted by Gasteiger charge is -2.13. The predicted molar refractivity (Wildman–Crippen MR) is 101 cm³/mol. The first-order chi connectivity index (χ1) is 13.1. The van der Waals surface area contributed by atoms with Crippen molar-refractivity contribution in [3.8, 4) is 17.2 Å². The molecular weight excluding hydrogens is 416 g/mol. The molecule has 0 amide bonds. The van der Waals surface area contributed by atoms with Crippen molar-refractivity contribution in [3.05, 3.63) is 65.2 Å². The molecule has 28 heavy (non-hydrogen) atoms. The highest BCUT2D eigenvalue weighted by atomic mass is 35.5. The third kappa shape index (κ3) is 4.69. The second-order valence-corrected chi connectivity index (χ2v) is 6.76. The van der Waals surface area contributed by atoms with E-state index in [4.69, 9.17) is 32.7 Å². The first-order valence-corrected chi connectivity index (χ1v) is 8.83. The molecule has 0 spiro atoms. The van der Waals surface area contributed by atoms with Crippen LogP contribution in [0.25, 0.3) is 10.8 Å². The Morgan fingerprint density at radius 2 is 1.61 bits per heavy atom. The van der Waals surface area contributed by atoms with Crippen LogP contribution in [0, 0.1) is 0 Å². The summed E-state index contributed by atoms with van der Waals surface area (Å²) in [5.74, 6) is 0.925. The molecule has 0 aliphatic rings. The summed E-state index contributed by atoms with van der Waals surface area (Å²) in [4.78, 5) is 11.1. The van der Waals surface area contributed by atoms with Crippen molar-refractivity contribution in [1.82, 2.24) is 0 Å². The van der Waals surface area contributed by atoms with Gasteiger partial charge in [0.05, 0.1) is 10.6 Å². The van der Waals surface area contributed by atoms with E-state index < -0.39 is 23.1 Å². The number of rotatable bonds is 5. The third-order valence-electron chi connectivity index (χ3n) is 3.90. The average molecular weight is 429 g/mol. The highest BCUT2D eigenvalue weighted by molar-refractivity contribution is 6.64.